The van der Waals surface area contributed by atoms with Crippen LogP contribution in [0, 0.1) is 0 Å². The number of aryl methyl sites for hydroxylation is 1. The lowest BCUT2D eigenvalue weighted by atomic mass is 9.95. The molecule has 0 saturated heterocycles. The van der Waals surface area contributed by atoms with E-state index in [4.69, 9.17) is 14.2 Å². The molecule has 0 spiro atoms. The summed E-state index contributed by atoms with van der Waals surface area (Å²) < 4.78 is 41.7. The number of hydrogen-bond acceptors (Lipinski definition) is 9. The summed E-state index contributed by atoms with van der Waals surface area (Å²) in [6, 6.07) is 6.51. The van der Waals surface area contributed by atoms with Crippen LogP contribution in [0.2, 0.25) is 0 Å². The second kappa shape index (κ2) is 14.4. The van der Waals surface area contributed by atoms with Crippen molar-refractivity contribution in [3.63, 3.8) is 0 Å². The van der Waals surface area contributed by atoms with E-state index in [1.165, 1.54) is 34.2 Å². The number of anilines is 1. The van der Waals surface area contributed by atoms with Crippen LogP contribution in [0.1, 0.15) is 43.4 Å². The number of carbonyl (C=O) groups is 2. The zero-order chi connectivity index (χ0) is 31.0. The quantitative estimate of drug-likeness (QED) is 0.292. The van der Waals surface area contributed by atoms with Crippen LogP contribution >= 0.6 is 0 Å². The Kier molecular flexibility index (Phi) is 11.2. The summed E-state index contributed by atoms with van der Waals surface area (Å²) in [6.45, 7) is 1.80. The predicted molar refractivity (Wildman–Crippen MR) is 161 cm³/mol. The summed E-state index contributed by atoms with van der Waals surface area (Å²) in [5.74, 6) is 0.740. The van der Waals surface area contributed by atoms with Crippen molar-refractivity contribution in [3.05, 3.63) is 45.6 Å². The SMILES string of the molecule is COc1cc2c(c(OC)c1OC)-c1ccc(NCCCC(=O)NCCS(=O)(=O)N(C)C)c(=O)cc1C(NC(C)=O)CC2. The van der Waals surface area contributed by atoms with Gasteiger partial charge in [-0.15, -0.1) is 0 Å². The second-order valence-electron chi connectivity index (χ2n) is 10.1. The molecule has 1 aliphatic carbocycles. The van der Waals surface area contributed by atoms with E-state index in [0.717, 1.165) is 21.0 Å². The first-order valence-electron chi connectivity index (χ1n) is 13.6. The molecule has 0 radical (unpaired) electrons. The zero-order valence-corrected chi connectivity index (χ0v) is 25.8. The fourth-order valence-electron chi connectivity index (χ4n) is 4.92. The van der Waals surface area contributed by atoms with Gasteiger partial charge < -0.3 is 30.2 Å². The van der Waals surface area contributed by atoms with Gasteiger partial charge in [0, 0.05) is 46.1 Å². The first-order chi connectivity index (χ1) is 19.9. The Morgan fingerprint density at radius 2 is 1.74 bits per heavy atom. The molecular formula is C29H40N4O8S. The third-order valence-electron chi connectivity index (χ3n) is 7.05. The minimum absolute atomic E-state index is 0.0224. The summed E-state index contributed by atoms with van der Waals surface area (Å²) >= 11 is 0. The van der Waals surface area contributed by atoms with Crippen molar-refractivity contribution in [2.45, 2.75) is 38.6 Å². The van der Waals surface area contributed by atoms with Crippen LogP contribution in [0.25, 0.3) is 11.1 Å². The molecule has 42 heavy (non-hydrogen) atoms. The minimum Gasteiger partial charge on any atom is -0.493 e. The highest BCUT2D eigenvalue weighted by molar-refractivity contribution is 7.89. The van der Waals surface area contributed by atoms with Crippen LogP contribution in [0.3, 0.4) is 0 Å². The van der Waals surface area contributed by atoms with Crippen molar-refractivity contribution < 1.29 is 32.2 Å². The smallest absolute Gasteiger partial charge is 0.220 e. The van der Waals surface area contributed by atoms with Crippen LogP contribution in [0.4, 0.5) is 5.69 Å². The highest BCUT2D eigenvalue weighted by Gasteiger charge is 2.29. The minimum atomic E-state index is -3.39. The van der Waals surface area contributed by atoms with Crippen molar-refractivity contribution >= 4 is 27.5 Å². The lowest BCUT2D eigenvalue weighted by molar-refractivity contribution is -0.121. The molecule has 2 aromatic rings. The molecule has 2 aromatic carbocycles. The average Bonchev–Trinajstić information content (AvgIpc) is 3.18. The van der Waals surface area contributed by atoms with Crippen LogP contribution in [-0.2, 0) is 26.0 Å². The molecule has 0 heterocycles. The molecule has 12 nitrogen and oxygen atoms in total. The molecule has 0 saturated carbocycles. The number of fused-ring (bicyclic) bond motifs is 3. The number of carbonyl (C=O) groups excluding carboxylic acids is 2. The zero-order valence-electron chi connectivity index (χ0n) is 25.0. The molecular weight excluding hydrogens is 564 g/mol. The van der Waals surface area contributed by atoms with Gasteiger partial charge in [-0.3, -0.25) is 14.4 Å². The van der Waals surface area contributed by atoms with Gasteiger partial charge in [0.15, 0.2) is 11.5 Å². The molecule has 0 aliphatic heterocycles. The van der Waals surface area contributed by atoms with Crippen molar-refractivity contribution in [2.24, 2.45) is 0 Å². The molecule has 1 atom stereocenters. The number of hydrogen-bond donors (Lipinski definition) is 3. The molecule has 0 aromatic heterocycles. The van der Waals surface area contributed by atoms with Gasteiger partial charge in [0.25, 0.3) is 0 Å². The maximum Gasteiger partial charge on any atom is 0.220 e. The van der Waals surface area contributed by atoms with Gasteiger partial charge >= 0.3 is 0 Å². The second-order valence-corrected chi connectivity index (χ2v) is 12.4. The largest absolute Gasteiger partial charge is 0.493 e. The van der Waals surface area contributed by atoms with Gasteiger partial charge in [-0.05, 0) is 54.2 Å². The molecule has 1 unspecified atom stereocenters. The van der Waals surface area contributed by atoms with E-state index in [-0.39, 0.29) is 36.0 Å². The maximum atomic E-state index is 13.4. The number of rotatable bonds is 13. The first-order valence-corrected chi connectivity index (χ1v) is 15.2. The number of sulfonamides is 1. The van der Waals surface area contributed by atoms with Gasteiger partial charge in [0.05, 0.1) is 38.8 Å². The molecule has 0 bridgehead atoms. The van der Waals surface area contributed by atoms with Crippen LogP contribution < -0.4 is 35.6 Å². The van der Waals surface area contributed by atoms with Gasteiger partial charge in [-0.2, -0.15) is 0 Å². The van der Waals surface area contributed by atoms with E-state index < -0.39 is 16.1 Å². The third-order valence-corrected chi connectivity index (χ3v) is 8.88. The lowest BCUT2D eigenvalue weighted by Crippen LogP contribution is -2.34. The molecule has 13 heteroatoms. The molecule has 2 amide bonds. The normalized spacial score (nSPS) is 14.2. The number of benzene rings is 1. The van der Waals surface area contributed by atoms with E-state index in [1.807, 2.05) is 12.1 Å². The van der Waals surface area contributed by atoms with Crippen molar-refractivity contribution in [1.29, 1.82) is 0 Å². The summed E-state index contributed by atoms with van der Waals surface area (Å²) in [6.07, 6.45) is 1.73. The van der Waals surface area contributed by atoms with E-state index in [2.05, 4.69) is 16.0 Å². The number of amides is 2. The third kappa shape index (κ3) is 7.71. The lowest BCUT2D eigenvalue weighted by Gasteiger charge is -2.19. The van der Waals surface area contributed by atoms with Crippen molar-refractivity contribution in [3.8, 4) is 28.4 Å². The first kappa shape index (κ1) is 32.7. The molecule has 1 aliphatic rings. The van der Waals surface area contributed by atoms with Gasteiger partial charge in [0.2, 0.25) is 33.0 Å². The Hall–Kier alpha value is -3.84. The summed E-state index contributed by atoms with van der Waals surface area (Å²) in [7, 11) is 4.11. The Morgan fingerprint density at radius 1 is 1.02 bits per heavy atom. The fraction of sp³-hybridized carbons (Fsp3) is 0.483. The Bertz CT molecular complexity index is 1480. The van der Waals surface area contributed by atoms with Crippen LogP contribution in [0.5, 0.6) is 17.2 Å². The number of nitrogens with zero attached hydrogens (tertiary/aromatic N) is 1. The van der Waals surface area contributed by atoms with Gasteiger partial charge in [0.1, 0.15) is 0 Å². The van der Waals surface area contributed by atoms with E-state index in [0.29, 0.717) is 54.3 Å². The Labute approximate surface area is 246 Å². The van der Waals surface area contributed by atoms with Crippen LogP contribution in [-0.4, -0.2) is 78.8 Å². The molecule has 3 N–H and O–H groups in total. The van der Waals surface area contributed by atoms with Crippen molar-refractivity contribution in [2.75, 3.05) is 59.6 Å². The van der Waals surface area contributed by atoms with E-state index in [1.54, 1.807) is 20.3 Å². The van der Waals surface area contributed by atoms with Gasteiger partial charge in [-0.25, -0.2) is 12.7 Å². The standard InChI is InChI=1S/C29H40N4O8S/c1-18(34)32-22-11-9-19-16-25(39-4)28(40-5)29(41-6)27(19)20-10-12-23(24(35)17-21(20)22)30-13-7-8-26(36)31-14-15-42(37,38)33(2)3/h10,12,16-17,22H,7-9,11,13-15H2,1-6H3,(H,30,35)(H,31,36)(H,32,34). The molecule has 230 valence electrons. The Balaban J connectivity index is 1.87. The monoisotopic (exact) mass is 604 g/mol. The molecule has 0 fully saturated rings. The summed E-state index contributed by atoms with van der Waals surface area (Å²) in [4.78, 5) is 37.6. The highest BCUT2D eigenvalue weighted by atomic mass is 32.2. The van der Waals surface area contributed by atoms with Crippen molar-refractivity contribution in [1.82, 2.24) is 14.9 Å². The average molecular weight is 605 g/mol. The fourth-order valence-corrected chi connectivity index (χ4v) is 5.64. The topological polar surface area (TPSA) is 152 Å². The highest BCUT2D eigenvalue weighted by Crippen LogP contribution is 2.50. The summed E-state index contributed by atoms with van der Waals surface area (Å²) in [5, 5.41) is 8.70. The predicted octanol–water partition coefficient (Wildman–Crippen LogP) is 2.06. The number of ether oxygens (including phenoxy) is 3. The summed E-state index contributed by atoms with van der Waals surface area (Å²) in [5.41, 5.74) is 3.12. The van der Waals surface area contributed by atoms with Gasteiger partial charge in [-0.1, -0.05) is 6.07 Å². The maximum absolute atomic E-state index is 13.4. The number of nitrogens with one attached hydrogen (secondary N) is 3. The molecule has 3 rings (SSSR count). The Morgan fingerprint density at radius 3 is 2.36 bits per heavy atom. The number of methoxy groups -OCH3 is 3. The van der Waals surface area contributed by atoms with E-state index >= 15 is 0 Å². The van der Waals surface area contributed by atoms with Crippen LogP contribution in [0.15, 0.2) is 29.1 Å². The van der Waals surface area contributed by atoms with E-state index in [9.17, 15) is 22.8 Å².